The topological polar surface area (TPSA) is 75.0 Å². The third-order valence-electron chi connectivity index (χ3n) is 6.31. The van der Waals surface area contributed by atoms with Crippen molar-refractivity contribution in [1.29, 1.82) is 0 Å². The highest BCUT2D eigenvalue weighted by molar-refractivity contribution is 6.09. The lowest BCUT2D eigenvalue weighted by molar-refractivity contribution is -0.123. The van der Waals surface area contributed by atoms with Gasteiger partial charge in [-0.05, 0) is 61.7 Å². The van der Waals surface area contributed by atoms with Crippen molar-refractivity contribution in [3.63, 3.8) is 0 Å². The molecule has 1 atom stereocenters. The molecule has 1 aliphatic carbocycles. The van der Waals surface area contributed by atoms with E-state index in [0.717, 1.165) is 31.4 Å². The van der Waals surface area contributed by atoms with Crippen molar-refractivity contribution in [2.75, 3.05) is 30.5 Å². The third-order valence-corrected chi connectivity index (χ3v) is 6.31. The van der Waals surface area contributed by atoms with Crippen molar-refractivity contribution < 1.29 is 18.7 Å². The monoisotopic (exact) mass is 475 g/mol. The minimum Gasteiger partial charge on any atom is -0.492 e. The molecule has 1 N–H and O–H groups in total. The van der Waals surface area contributed by atoms with Gasteiger partial charge in [0.15, 0.2) is 5.76 Å². The second kappa shape index (κ2) is 11.1. The molecule has 0 saturated heterocycles. The summed E-state index contributed by atoms with van der Waals surface area (Å²) in [6.07, 6.45) is 5.53. The minimum absolute atomic E-state index is 0.105. The molecule has 0 radical (unpaired) electrons. The molecule has 1 heterocycles. The van der Waals surface area contributed by atoms with E-state index in [4.69, 9.17) is 9.15 Å². The number of hydrogen-bond donors (Lipinski definition) is 1. The van der Waals surface area contributed by atoms with E-state index in [9.17, 15) is 9.59 Å². The van der Waals surface area contributed by atoms with Gasteiger partial charge in [0.1, 0.15) is 11.8 Å². The first kappa shape index (κ1) is 24.4. The molecule has 1 saturated carbocycles. The number of amides is 2. The van der Waals surface area contributed by atoms with E-state index in [1.807, 2.05) is 68.4 Å². The molecule has 1 aliphatic rings. The summed E-state index contributed by atoms with van der Waals surface area (Å²) in [5.41, 5.74) is 2.22. The van der Waals surface area contributed by atoms with Crippen LogP contribution < -0.4 is 19.9 Å². The molecule has 0 spiro atoms. The highest BCUT2D eigenvalue weighted by Gasteiger charge is 2.37. The van der Waals surface area contributed by atoms with Crippen LogP contribution in [0.3, 0.4) is 0 Å². The molecule has 1 aromatic heterocycles. The Balaban J connectivity index is 1.84. The van der Waals surface area contributed by atoms with Crippen LogP contribution in [-0.4, -0.2) is 38.6 Å². The molecule has 7 nitrogen and oxygen atoms in total. The lowest BCUT2D eigenvalue weighted by Crippen LogP contribution is -2.46. The predicted octanol–water partition coefficient (Wildman–Crippen LogP) is 5.19. The summed E-state index contributed by atoms with van der Waals surface area (Å²) < 4.78 is 11.3. The van der Waals surface area contributed by atoms with Gasteiger partial charge in [0, 0.05) is 25.8 Å². The molecule has 1 fully saturated rings. The molecule has 1 unspecified atom stereocenters. The largest absolute Gasteiger partial charge is 0.492 e. The fourth-order valence-electron chi connectivity index (χ4n) is 4.54. The molecule has 4 rings (SSSR count). The van der Waals surface area contributed by atoms with Crippen LogP contribution in [0.4, 0.5) is 11.4 Å². The average molecular weight is 476 g/mol. The van der Waals surface area contributed by atoms with Gasteiger partial charge in [-0.25, -0.2) is 0 Å². The number of ether oxygens (including phenoxy) is 1. The number of hydrogen-bond acceptors (Lipinski definition) is 5. The van der Waals surface area contributed by atoms with E-state index < -0.39 is 11.9 Å². The number of nitrogens with zero attached hydrogens (tertiary/aromatic N) is 2. The number of benzene rings is 2. The number of carbonyl (C=O) groups excluding carboxylic acids is 2. The lowest BCUT2D eigenvalue weighted by atomic mass is 10.0. The highest BCUT2D eigenvalue weighted by atomic mass is 16.5. The van der Waals surface area contributed by atoms with Gasteiger partial charge in [-0.3, -0.25) is 14.5 Å². The Bertz CT molecular complexity index is 1120. The summed E-state index contributed by atoms with van der Waals surface area (Å²) in [6, 6.07) is 17.5. The first-order valence-electron chi connectivity index (χ1n) is 12.2. The van der Waals surface area contributed by atoms with Gasteiger partial charge < -0.3 is 19.4 Å². The van der Waals surface area contributed by atoms with Gasteiger partial charge in [-0.2, -0.15) is 0 Å². The summed E-state index contributed by atoms with van der Waals surface area (Å²) >= 11 is 0. The van der Waals surface area contributed by atoms with Crippen LogP contribution in [0.2, 0.25) is 0 Å². The average Bonchev–Trinajstić information content (AvgIpc) is 3.58. The van der Waals surface area contributed by atoms with E-state index in [1.165, 1.54) is 11.2 Å². The molecule has 3 aromatic rings. The summed E-state index contributed by atoms with van der Waals surface area (Å²) in [5, 5.41) is 3.20. The molecular formula is C28H33N3O4. The Morgan fingerprint density at radius 2 is 1.74 bits per heavy atom. The second-order valence-electron chi connectivity index (χ2n) is 8.93. The smallest absolute Gasteiger partial charge is 0.295 e. The quantitative estimate of drug-likeness (QED) is 0.461. The Kier molecular flexibility index (Phi) is 7.75. The highest BCUT2D eigenvalue weighted by Crippen LogP contribution is 2.37. The molecule has 2 amide bonds. The van der Waals surface area contributed by atoms with E-state index in [2.05, 4.69) is 5.32 Å². The maximum atomic E-state index is 13.9. The van der Waals surface area contributed by atoms with E-state index >= 15 is 0 Å². The number of rotatable bonds is 9. The fourth-order valence-corrected chi connectivity index (χ4v) is 4.54. The molecule has 7 heteroatoms. The first-order valence-corrected chi connectivity index (χ1v) is 12.2. The van der Waals surface area contributed by atoms with Crippen LogP contribution in [-0.2, 0) is 4.79 Å². The normalized spacial score (nSPS) is 14.4. The number of anilines is 2. The maximum Gasteiger partial charge on any atom is 0.295 e. The van der Waals surface area contributed by atoms with E-state index in [0.29, 0.717) is 23.6 Å². The summed E-state index contributed by atoms with van der Waals surface area (Å²) in [6.45, 7) is 2.32. The van der Waals surface area contributed by atoms with Crippen LogP contribution in [0.15, 0.2) is 71.3 Å². The fraction of sp³-hybridized carbons (Fsp3) is 0.357. The molecule has 2 aromatic carbocycles. The Labute approximate surface area is 206 Å². The van der Waals surface area contributed by atoms with Crippen molar-refractivity contribution >= 4 is 23.2 Å². The third kappa shape index (κ3) is 5.50. The van der Waals surface area contributed by atoms with Crippen molar-refractivity contribution in [3.05, 3.63) is 78.3 Å². The van der Waals surface area contributed by atoms with Crippen molar-refractivity contribution in [2.45, 2.75) is 44.7 Å². The molecular weight excluding hydrogens is 442 g/mol. The Morgan fingerprint density at radius 1 is 1.03 bits per heavy atom. The van der Waals surface area contributed by atoms with E-state index in [1.54, 1.807) is 18.2 Å². The molecule has 184 valence electrons. The standard InChI is InChI=1S/C28H33N3O4/c1-4-34-24-13-8-7-12-23(24)31(28(33)25-14-9-19-35-25)26(27(32)29-21-10-5-6-11-21)20-15-17-22(18-16-20)30(2)3/h7-9,12-19,21,26H,4-6,10-11H2,1-3H3,(H,29,32). The van der Waals surface area contributed by atoms with Gasteiger partial charge in [0.25, 0.3) is 5.91 Å². The van der Waals surface area contributed by atoms with Gasteiger partial charge >= 0.3 is 0 Å². The molecule has 0 aliphatic heterocycles. The van der Waals surface area contributed by atoms with Crippen molar-refractivity contribution in [1.82, 2.24) is 5.32 Å². The van der Waals surface area contributed by atoms with E-state index in [-0.39, 0.29) is 17.7 Å². The summed E-state index contributed by atoms with van der Waals surface area (Å²) in [7, 11) is 3.93. The van der Waals surface area contributed by atoms with Crippen LogP contribution in [0.1, 0.15) is 54.8 Å². The number of para-hydroxylation sites is 2. The molecule has 35 heavy (non-hydrogen) atoms. The van der Waals surface area contributed by atoms with Crippen molar-refractivity contribution in [2.24, 2.45) is 0 Å². The van der Waals surface area contributed by atoms with Crippen LogP contribution >= 0.6 is 0 Å². The zero-order valence-corrected chi connectivity index (χ0v) is 20.6. The minimum atomic E-state index is -0.911. The summed E-state index contributed by atoms with van der Waals surface area (Å²) in [4.78, 5) is 31.3. The van der Waals surface area contributed by atoms with Crippen LogP contribution in [0.5, 0.6) is 5.75 Å². The summed E-state index contributed by atoms with van der Waals surface area (Å²) in [5.74, 6) is 0.0458. The SMILES string of the molecule is CCOc1ccccc1N(C(=O)c1ccco1)C(C(=O)NC1CCCC1)c1ccc(N(C)C)cc1. The predicted molar refractivity (Wildman–Crippen MR) is 137 cm³/mol. The number of furan rings is 1. The first-order chi connectivity index (χ1) is 17.0. The number of nitrogens with one attached hydrogen (secondary N) is 1. The van der Waals surface area contributed by atoms with Gasteiger partial charge in [0.2, 0.25) is 5.91 Å². The van der Waals surface area contributed by atoms with Crippen LogP contribution in [0, 0.1) is 0 Å². The number of carbonyl (C=O) groups is 2. The van der Waals surface area contributed by atoms with Crippen molar-refractivity contribution in [3.8, 4) is 5.75 Å². The second-order valence-corrected chi connectivity index (χ2v) is 8.93. The Hall–Kier alpha value is -3.74. The van der Waals surface area contributed by atoms with Gasteiger partial charge in [-0.1, -0.05) is 37.1 Å². The van der Waals surface area contributed by atoms with Gasteiger partial charge in [-0.15, -0.1) is 0 Å². The zero-order chi connectivity index (χ0) is 24.8. The van der Waals surface area contributed by atoms with Crippen LogP contribution in [0.25, 0.3) is 0 Å². The lowest BCUT2D eigenvalue weighted by Gasteiger charge is -2.33. The van der Waals surface area contributed by atoms with Gasteiger partial charge in [0.05, 0.1) is 18.6 Å². The molecule has 0 bridgehead atoms. The Morgan fingerprint density at radius 3 is 2.37 bits per heavy atom. The zero-order valence-electron chi connectivity index (χ0n) is 20.6. The maximum absolute atomic E-state index is 13.9.